The fourth-order valence-corrected chi connectivity index (χ4v) is 2.03. The molecule has 0 aromatic heterocycles. The third-order valence-corrected chi connectivity index (χ3v) is 3.15. The van der Waals surface area contributed by atoms with Gasteiger partial charge in [0.1, 0.15) is 0 Å². The molecule has 90 valence electrons. The molecule has 0 aromatic rings. The second-order valence-corrected chi connectivity index (χ2v) is 4.42. The molecule has 1 unspecified atom stereocenters. The minimum Gasteiger partial charge on any atom is -0.381 e. The van der Waals surface area contributed by atoms with Gasteiger partial charge < -0.3 is 14.2 Å². The monoisotopic (exact) mass is 216 g/mol. The Morgan fingerprint density at radius 1 is 1.27 bits per heavy atom. The van der Waals surface area contributed by atoms with Gasteiger partial charge in [-0.15, -0.1) is 0 Å². The van der Waals surface area contributed by atoms with Crippen molar-refractivity contribution in [3.05, 3.63) is 0 Å². The van der Waals surface area contributed by atoms with Crippen LogP contribution in [0.15, 0.2) is 0 Å². The molecule has 15 heavy (non-hydrogen) atoms. The van der Waals surface area contributed by atoms with Crippen molar-refractivity contribution in [3.63, 3.8) is 0 Å². The van der Waals surface area contributed by atoms with Crippen molar-refractivity contribution in [2.45, 2.75) is 39.9 Å². The molecule has 0 amide bonds. The topological polar surface area (TPSA) is 27.7 Å². The Balaban J connectivity index is 2.44. The summed E-state index contributed by atoms with van der Waals surface area (Å²) in [6.07, 6.45) is 1.12. The van der Waals surface area contributed by atoms with Crippen molar-refractivity contribution >= 4 is 0 Å². The molecule has 3 nitrogen and oxygen atoms in total. The maximum absolute atomic E-state index is 5.74. The third-order valence-electron chi connectivity index (χ3n) is 3.15. The van der Waals surface area contributed by atoms with Crippen molar-refractivity contribution in [2.24, 2.45) is 11.8 Å². The van der Waals surface area contributed by atoms with Crippen LogP contribution in [-0.4, -0.2) is 32.2 Å². The lowest BCUT2D eigenvalue weighted by Crippen LogP contribution is -2.42. The van der Waals surface area contributed by atoms with E-state index in [9.17, 15) is 0 Å². The quantitative estimate of drug-likeness (QED) is 0.612. The summed E-state index contributed by atoms with van der Waals surface area (Å²) in [5.74, 6) is 0.672. The number of hydrogen-bond acceptors (Lipinski definition) is 3. The van der Waals surface area contributed by atoms with Crippen LogP contribution >= 0.6 is 0 Å². The Bertz CT molecular complexity index is 172. The van der Waals surface area contributed by atoms with Crippen molar-refractivity contribution in [2.75, 3.05) is 26.4 Å². The summed E-state index contributed by atoms with van der Waals surface area (Å²) < 4.78 is 16.7. The Kier molecular flexibility index (Phi) is 5.03. The maximum atomic E-state index is 5.74. The third kappa shape index (κ3) is 3.44. The van der Waals surface area contributed by atoms with Crippen LogP contribution in [0.25, 0.3) is 0 Å². The van der Waals surface area contributed by atoms with E-state index in [-0.39, 0.29) is 0 Å². The van der Waals surface area contributed by atoms with Crippen molar-refractivity contribution in [1.82, 2.24) is 0 Å². The molecule has 1 aliphatic heterocycles. The first-order chi connectivity index (χ1) is 7.12. The van der Waals surface area contributed by atoms with Gasteiger partial charge in [-0.1, -0.05) is 6.92 Å². The van der Waals surface area contributed by atoms with E-state index in [4.69, 9.17) is 14.2 Å². The van der Waals surface area contributed by atoms with Gasteiger partial charge >= 0.3 is 0 Å². The largest absolute Gasteiger partial charge is 0.381 e. The number of rotatable bonds is 7. The minimum atomic E-state index is -0.431. The van der Waals surface area contributed by atoms with E-state index in [1.54, 1.807) is 0 Å². The summed E-state index contributed by atoms with van der Waals surface area (Å²) in [5.41, 5.74) is 0. The van der Waals surface area contributed by atoms with Crippen LogP contribution in [0, 0.1) is 11.8 Å². The van der Waals surface area contributed by atoms with E-state index in [1.807, 2.05) is 20.8 Å². The average molecular weight is 216 g/mol. The van der Waals surface area contributed by atoms with Crippen LogP contribution in [-0.2, 0) is 14.2 Å². The van der Waals surface area contributed by atoms with E-state index in [2.05, 4.69) is 6.92 Å². The minimum absolute atomic E-state index is 0.409. The van der Waals surface area contributed by atoms with Crippen molar-refractivity contribution < 1.29 is 14.2 Å². The summed E-state index contributed by atoms with van der Waals surface area (Å²) in [7, 11) is 0. The molecule has 0 N–H and O–H groups in total. The van der Waals surface area contributed by atoms with Gasteiger partial charge in [-0.25, -0.2) is 0 Å². The summed E-state index contributed by atoms with van der Waals surface area (Å²) in [5, 5.41) is 0. The molecule has 1 aliphatic rings. The second-order valence-electron chi connectivity index (χ2n) is 4.42. The summed E-state index contributed by atoms with van der Waals surface area (Å²) in [6, 6.07) is 0. The summed E-state index contributed by atoms with van der Waals surface area (Å²) in [6.45, 7) is 11.5. The molecule has 0 aliphatic carbocycles. The smallest absolute Gasteiger partial charge is 0.167 e. The fraction of sp³-hybridized carbons (Fsp3) is 1.00. The van der Waals surface area contributed by atoms with E-state index >= 15 is 0 Å². The van der Waals surface area contributed by atoms with Crippen molar-refractivity contribution in [3.8, 4) is 0 Å². The molecule has 1 rings (SSSR count). The zero-order chi connectivity index (χ0) is 11.3. The number of hydrogen-bond donors (Lipinski definition) is 0. The van der Waals surface area contributed by atoms with Crippen LogP contribution in [0.3, 0.4) is 0 Å². The van der Waals surface area contributed by atoms with Gasteiger partial charge in [-0.2, -0.15) is 0 Å². The molecule has 3 heteroatoms. The van der Waals surface area contributed by atoms with Gasteiger partial charge in [0.2, 0.25) is 0 Å². The second kappa shape index (κ2) is 5.83. The van der Waals surface area contributed by atoms with E-state index < -0.39 is 5.79 Å². The highest BCUT2D eigenvalue weighted by Gasteiger charge is 2.35. The fourth-order valence-electron chi connectivity index (χ4n) is 2.03. The first kappa shape index (κ1) is 12.9. The standard InChI is InChI=1S/C12H24O3/c1-5-14-12(4,15-6-2)10(3)7-11-8-13-9-11/h10-11H,5-9H2,1-4H3. The lowest BCUT2D eigenvalue weighted by molar-refractivity contribution is -0.254. The molecule has 1 heterocycles. The molecule has 0 spiro atoms. The van der Waals surface area contributed by atoms with Crippen molar-refractivity contribution in [1.29, 1.82) is 0 Å². The molecular formula is C12H24O3. The average Bonchev–Trinajstić information content (AvgIpc) is 2.11. The zero-order valence-corrected chi connectivity index (χ0v) is 10.4. The SMILES string of the molecule is CCOC(C)(OCC)C(C)CC1COC1. The van der Waals surface area contributed by atoms with Gasteiger partial charge in [0, 0.05) is 25.0 Å². The normalized spacial score (nSPS) is 20.0. The molecule has 1 fully saturated rings. The lowest BCUT2D eigenvalue weighted by atomic mass is 9.89. The summed E-state index contributed by atoms with van der Waals surface area (Å²) in [4.78, 5) is 0. The highest BCUT2D eigenvalue weighted by Crippen LogP contribution is 2.31. The molecule has 1 saturated heterocycles. The van der Waals surface area contributed by atoms with Gasteiger partial charge in [-0.05, 0) is 27.2 Å². The molecule has 0 aromatic carbocycles. The predicted octanol–water partition coefficient (Wildman–Crippen LogP) is 2.45. The molecule has 0 bridgehead atoms. The van der Waals surface area contributed by atoms with Gasteiger partial charge in [-0.3, -0.25) is 0 Å². The van der Waals surface area contributed by atoms with Crippen LogP contribution in [0.1, 0.15) is 34.1 Å². The van der Waals surface area contributed by atoms with Gasteiger partial charge in [0.15, 0.2) is 5.79 Å². The van der Waals surface area contributed by atoms with Gasteiger partial charge in [0.05, 0.1) is 13.2 Å². The Hall–Kier alpha value is -0.120. The van der Waals surface area contributed by atoms with Crippen LogP contribution in [0.5, 0.6) is 0 Å². The summed E-state index contributed by atoms with van der Waals surface area (Å²) >= 11 is 0. The maximum Gasteiger partial charge on any atom is 0.167 e. The predicted molar refractivity (Wildman–Crippen MR) is 59.7 cm³/mol. The van der Waals surface area contributed by atoms with E-state index in [1.165, 1.54) is 0 Å². The molecule has 0 radical (unpaired) electrons. The Labute approximate surface area is 93.1 Å². The molecular weight excluding hydrogens is 192 g/mol. The molecule has 1 atom stereocenters. The Morgan fingerprint density at radius 3 is 2.13 bits per heavy atom. The van der Waals surface area contributed by atoms with Crippen LogP contribution in [0.4, 0.5) is 0 Å². The van der Waals surface area contributed by atoms with Crippen LogP contribution in [0.2, 0.25) is 0 Å². The Morgan fingerprint density at radius 2 is 1.80 bits per heavy atom. The van der Waals surface area contributed by atoms with E-state index in [0.717, 1.165) is 19.6 Å². The lowest BCUT2D eigenvalue weighted by Gasteiger charge is -2.38. The van der Waals surface area contributed by atoms with E-state index in [0.29, 0.717) is 25.0 Å². The highest BCUT2D eigenvalue weighted by atomic mass is 16.7. The van der Waals surface area contributed by atoms with Crippen LogP contribution < -0.4 is 0 Å². The zero-order valence-electron chi connectivity index (χ0n) is 10.4. The highest BCUT2D eigenvalue weighted by molar-refractivity contribution is 4.77. The first-order valence-corrected chi connectivity index (χ1v) is 5.98. The first-order valence-electron chi connectivity index (χ1n) is 5.98. The molecule has 0 saturated carbocycles. The van der Waals surface area contributed by atoms with Gasteiger partial charge in [0.25, 0.3) is 0 Å². The number of ether oxygens (including phenoxy) is 3.